The van der Waals surface area contributed by atoms with Crippen molar-refractivity contribution < 1.29 is 14.7 Å². The van der Waals surface area contributed by atoms with Gasteiger partial charge in [-0.3, -0.25) is 9.59 Å². The average Bonchev–Trinajstić information content (AvgIpc) is 2.57. The first-order valence-corrected chi connectivity index (χ1v) is 7.53. The number of phenols is 1. The molecule has 0 saturated carbocycles. The van der Waals surface area contributed by atoms with E-state index in [0.717, 1.165) is 5.56 Å². The van der Waals surface area contributed by atoms with Crippen LogP contribution in [0.15, 0.2) is 53.6 Å². The van der Waals surface area contributed by atoms with Crippen LogP contribution in [0.5, 0.6) is 5.75 Å². The quantitative estimate of drug-likeness (QED) is 0.583. The molecular formula is C18H19N3O3. The third kappa shape index (κ3) is 4.67. The Hall–Kier alpha value is -3.15. The Kier molecular flexibility index (Phi) is 5.68. The monoisotopic (exact) mass is 325 g/mol. The number of anilines is 1. The molecule has 6 nitrogen and oxygen atoms in total. The van der Waals surface area contributed by atoms with Gasteiger partial charge in [-0.15, -0.1) is 0 Å². The molecule has 124 valence electrons. The topological polar surface area (TPSA) is 90.8 Å². The summed E-state index contributed by atoms with van der Waals surface area (Å²) in [6.07, 6.45) is 0.631. The second-order valence-corrected chi connectivity index (χ2v) is 5.16. The highest BCUT2D eigenvalue weighted by Gasteiger charge is 2.07. The van der Waals surface area contributed by atoms with E-state index in [1.54, 1.807) is 48.5 Å². The molecule has 3 N–H and O–H groups in total. The van der Waals surface area contributed by atoms with Crippen molar-refractivity contribution in [3.05, 3.63) is 59.7 Å². The fourth-order valence-electron chi connectivity index (χ4n) is 2.09. The van der Waals surface area contributed by atoms with Crippen molar-refractivity contribution in [3.63, 3.8) is 0 Å². The molecule has 0 heterocycles. The Bertz CT molecular complexity index is 750. The molecule has 0 aromatic heterocycles. The summed E-state index contributed by atoms with van der Waals surface area (Å²) in [5.41, 5.74) is 5.12. The maximum Gasteiger partial charge on any atom is 0.271 e. The molecule has 0 unspecified atom stereocenters. The summed E-state index contributed by atoms with van der Waals surface area (Å²) in [6, 6.07) is 13.2. The third-order valence-electron chi connectivity index (χ3n) is 3.30. The number of rotatable bonds is 5. The van der Waals surface area contributed by atoms with Crippen LogP contribution in [0.4, 0.5) is 5.69 Å². The van der Waals surface area contributed by atoms with Gasteiger partial charge in [0.15, 0.2) is 0 Å². The molecule has 0 saturated heterocycles. The molecule has 0 fully saturated rings. The van der Waals surface area contributed by atoms with Gasteiger partial charge in [0.25, 0.3) is 5.91 Å². The van der Waals surface area contributed by atoms with Crippen LogP contribution in [0.1, 0.15) is 36.2 Å². The lowest BCUT2D eigenvalue weighted by Crippen LogP contribution is -2.20. The predicted molar refractivity (Wildman–Crippen MR) is 93.1 cm³/mol. The number of aromatic hydroxyl groups is 1. The lowest BCUT2D eigenvalue weighted by molar-refractivity contribution is -0.114. The van der Waals surface area contributed by atoms with Gasteiger partial charge in [-0.25, -0.2) is 5.43 Å². The Balaban J connectivity index is 2.07. The number of nitrogens with one attached hydrogen (secondary N) is 2. The Morgan fingerprint density at radius 1 is 1.00 bits per heavy atom. The Labute approximate surface area is 140 Å². The minimum atomic E-state index is -0.339. The van der Waals surface area contributed by atoms with Crippen LogP contribution in [0.3, 0.4) is 0 Å². The first-order chi connectivity index (χ1) is 11.5. The van der Waals surface area contributed by atoms with Gasteiger partial charge in [0.05, 0.1) is 5.71 Å². The molecular weight excluding hydrogens is 306 g/mol. The highest BCUT2D eigenvalue weighted by Crippen LogP contribution is 2.12. The third-order valence-corrected chi connectivity index (χ3v) is 3.30. The van der Waals surface area contributed by atoms with E-state index in [0.29, 0.717) is 23.4 Å². The predicted octanol–water partition coefficient (Wildman–Crippen LogP) is 2.89. The van der Waals surface area contributed by atoms with Crippen molar-refractivity contribution in [3.8, 4) is 5.75 Å². The Morgan fingerprint density at radius 2 is 1.58 bits per heavy atom. The molecule has 2 amide bonds. The summed E-state index contributed by atoms with van der Waals surface area (Å²) in [7, 11) is 0. The fourth-order valence-corrected chi connectivity index (χ4v) is 2.09. The number of amides is 2. The van der Waals surface area contributed by atoms with E-state index in [2.05, 4.69) is 15.8 Å². The number of benzene rings is 2. The molecule has 6 heteroatoms. The van der Waals surface area contributed by atoms with Crippen molar-refractivity contribution in [1.82, 2.24) is 5.43 Å². The van der Waals surface area contributed by atoms with Crippen molar-refractivity contribution in [2.45, 2.75) is 20.3 Å². The number of hydrazone groups is 1. The lowest BCUT2D eigenvalue weighted by Gasteiger charge is -2.06. The van der Waals surface area contributed by atoms with E-state index in [9.17, 15) is 14.7 Å². The van der Waals surface area contributed by atoms with Gasteiger partial charge in [0.2, 0.25) is 5.91 Å². The van der Waals surface area contributed by atoms with Gasteiger partial charge in [0, 0.05) is 18.2 Å². The SMILES string of the molecule is CC/C(=N\NC(=O)c1ccc(NC(C)=O)cc1)c1ccc(O)cc1. The number of nitrogens with zero attached hydrogens (tertiary/aromatic N) is 1. The van der Waals surface area contributed by atoms with Gasteiger partial charge < -0.3 is 10.4 Å². The number of carbonyl (C=O) groups excluding carboxylic acids is 2. The molecule has 24 heavy (non-hydrogen) atoms. The smallest absolute Gasteiger partial charge is 0.271 e. The summed E-state index contributed by atoms with van der Waals surface area (Å²) in [5, 5.41) is 16.1. The zero-order valence-corrected chi connectivity index (χ0v) is 13.5. The van der Waals surface area contributed by atoms with Crippen LogP contribution < -0.4 is 10.7 Å². The van der Waals surface area contributed by atoms with Crippen LogP contribution in [0.2, 0.25) is 0 Å². The molecule has 2 aromatic carbocycles. The van der Waals surface area contributed by atoms with Crippen molar-refractivity contribution >= 4 is 23.2 Å². The standard InChI is InChI=1S/C18H19N3O3/c1-3-17(13-6-10-16(23)11-7-13)20-21-18(24)14-4-8-15(9-5-14)19-12(2)22/h4-11,23H,3H2,1-2H3,(H,19,22)(H,21,24)/b20-17+. The largest absolute Gasteiger partial charge is 0.508 e. The van der Waals surface area contributed by atoms with Crippen LogP contribution in [0.25, 0.3) is 0 Å². The first-order valence-electron chi connectivity index (χ1n) is 7.53. The molecule has 2 rings (SSSR count). The van der Waals surface area contributed by atoms with Crippen molar-refractivity contribution in [1.29, 1.82) is 0 Å². The average molecular weight is 325 g/mol. The highest BCUT2D eigenvalue weighted by atomic mass is 16.3. The van der Waals surface area contributed by atoms with Gasteiger partial charge >= 0.3 is 0 Å². The zero-order valence-electron chi connectivity index (χ0n) is 13.5. The number of hydrogen-bond donors (Lipinski definition) is 3. The molecule has 2 aromatic rings. The van der Waals surface area contributed by atoms with Gasteiger partial charge in [-0.1, -0.05) is 6.92 Å². The van der Waals surface area contributed by atoms with Crippen LogP contribution in [0, 0.1) is 0 Å². The fraction of sp³-hybridized carbons (Fsp3) is 0.167. The molecule has 0 spiro atoms. The molecule has 0 aliphatic heterocycles. The van der Waals surface area contributed by atoms with E-state index in [1.807, 2.05) is 6.92 Å². The normalized spacial score (nSPS) is 11.0. The maximum absolute atomic E-state index is 12.1. The summed E-state index contributed by atoms with van der Waals surface area (Å²) < 4.78 is 0. The van der Waals surface area contributed by atoms with E-state index in [4.69, 9.17) is 0 Å². The number of phenolic OH excluding ortho intramolecular Hbond substituents is 1. The zero-order chi connectivity index (χ0) is 17.5. The van der Waals surface area contributed by atoms with Gasteiger partial charge in [0.1, 0.15) is 5.75 Å². The summed E-state index contributed by atoms with van der Waals surface area (Å²) in [5.74, 6) is -0.329. The Morgan fingerprint density at radius 3 is 2.12 bits per heavy atom. The van der Waals surface area contributed by atoms with Gasteiger partial charge in [-0.05, 0) is 60.5 Å². The van der Waals surface area contributed by atoms with Crippen LogP contribution in [-0.4, -0.2) is 22.6 Å². The van der Waals surface area contributed by atoms with E-state index >= 15 is 0 Å². The van der Waals surface area contributed by atoms with Crippen molar-refractivity contribution in [2.75, 3.05) is 5.32 Å². The molecule has 0 aliphatic carbocycles. The van der Waals surface area contributed by atoms with Gasteiger partial charge in [-0.2, -0.15) is 5.10 Å². The number of hydrogen-bond acceptors (Lipinski definition) is 4. The van der Waals surface area contributed by atoms with E-state index < -0.39 is 0 Å². The molecule has 0 radical (unpaired) electrons. The molecule has 0 aliphatic rings. The van der Waals surface area contributed by atoms with E-state index in [1.165, 1.54) is 6.92 Å². The minimum Gasteiger partial charge on any atom is -0.508 e. The second kappa shape index (κ2) is 7.92. The van der Waals surface area contributed by atoms with Crippen LogP contribution in [-0.2, 0) is 4.79 Å². The molecule has 0 atom stereocenters. The highest BCUT2D eigenvalue weighted by molar-refractivity contribution is 6.02. The summed E-state index contributed by atoms with van der Waals surface area (Å²) in [4.78, 5) is 23.1. The molecule has 0 bridgehead atoms. The maximum atomic E-state index is 12.1. The second-order valence-electron chi connectivity index (χ2n) is 5.16. The summed E-state index contributed by atoms with van der Waals surface area (Å²) in [6.45, 7) is 3.35. The lowest BCUT2D eigenvalue weighted by atomic mass is 10.1. The number of carbonyl (C=O) groups is 2. The van der Waals surface area contributed by atoms with E-state index in [-0.39, 0.29) is 17.6 Å². The summed E-state index contributed by atoms with van der Waals surface area (Å²) >= 11 is 0. The first kappa shape index (κ1) is 17.2. The van der Waals surface area contributed by atoms with Crippen LogP contribution >= 0.6 is 0 Å². The minimum absolute atomic E-state index is 0.168. The van der Waals surface area contributed by atoms with Crippen molar-refractivity contribution in [2.24, 2.45) is 5.10 Å².